The van der Waals surface area contributed by atoms with Crippen molar-refractivity contribution in [2.24, 2.45) is 5.92 Å². The van der Waals surface area contributed by atoms with Crippen LogP contribution in [0.3, 0.4) is 0 Å². The first-order valence-electron chi connectivity index (χ1n) is 6.15. The monoisotopic (exact) mass is 218 g/mol. The van der Waals surface area contributed by atoms with E-state index in [-0.39, 0.29) is 0 Å². The van der Waals surface area contributed by atoms with Crippen molar-refractivity contribution in [2.45, 2.75) is 32.4 Å². The molecule has 16 heavy (non-hydrogen) atoms. The fraction of sp³-hybridized carbons (Fsp3) is 0.571. The molecule has 0 aliphatic heterocycles. The highest BCUT2D eigenvalue weighted by Gasteiger charge is 2.27. The van der Waals surface area contributed by atoms with Gasteiger partial charge >= 0.3 is 0 Å². The van der Waals surface area contributed by atoms with Crippen molar-refractivity contribution in [2.75, 3.05) is 19.4 Å². The Bertz CT molecular complexity index is 342. The lowest BCUT2D eigenvalue weighted by Crippen LogP contribution is -2.17. The van der Waals surface area contributed by atoms with Gasteiger partial charge in [-0.25, -0.2) is 0 Å². The molecule has 2 rings (SSSR count). The molecule has 0 bridgehead atoms. The number of nitrogens with zero attached hydrogens (tertiary/aromatic N) is 1. The first kappa shape index (κ1) is 11.5. The summed E-state index contributed by atoms with van der Waals surface area (Å²) in [6, 6.07) is 9.37. The third-order valence-electron chi connectivity index (χ3n) is 3.15. The molecule has 0 saturated heterocycles. The highest BCUT2D eigenvalue weighted by Crippen LogP contribution is 2.33. The van der Waals surface area contributed by atoms with Gasteiger partial charge in [0.15, 0.2) is 0 Å². The number of rotatable bonds is 5. The van der Waals surface area contributed by atoms with Crippen molar-refractivity contribution in [1.29, 1.82) is 0 Å². The smallest absolute Gasteiger partial charge is 0.0345 e. The Kier molecular flexibility index (Phi) is 3.49. The molecule has 1 unspecified atom stereocenters. The minimum absolute atomic E-state index is 0.620. The van der Waals surface area contributed by atoms with E-state index in [2.05, 4.69) is 55.5 Å². The Balaban J connectivity index is 1.97. The van der Waals surface area contributed by atoms with Crippen molar-refractivity contribution in [3.05, 3.63) is 29.8 Å². The zero-order valence-electron chi connectivity index (χ0n) is 10.5. The van der Waals surface area contributed by atoms with Gasteiger partial charge in [0, 0.05) is 18.3 Å². The van der Waals surface area contributed by atoms with Crippen LogP contribution >= 0.6 is 0 Å². The Labute approximate surface area is 98.7 Å². The molecule has 1 fully saturated rings. The van der Waals surface area contributed by atoms with Gasteiger partial charge in [0.05, 0.1) is 0 Å². The predicted molar refractivity (Wildman–Crippen MR) is 69.6 cm³/mol. The van der Waals surface area contributed by atoms with Gasteiger partial charge in [-0.3, -0.25) is 0 Å². The van der Waals surface area contributed by atoms with Gasteiger partial charge in [-0.2, -0.15) is 0 Å². The van der Waals surface area contributed by atoms with Gasteiger partial charge < -0.3 is 10.2 Å². The number of nitrogens with one attached hydrogen (secondary N) is 1. The molecule has 0 heterocycles. The van der Waals surface area contributed by atoms with E-state index >= 15 is 0 Å². The molecule has 1 atom stereocenters. The molecular formula is C14H22N2. The summed E-state index contributed by atoms with van der Waals surface area (Å²) >= 11 is 0. The molecule has 0 aromatic heterocycles. The highest BCUT2D eigenvalue weighted by atomic mass is 15.0. The summed E-state index contributed by atoms with van der Waals surface area (Å²) in [6.07, 6.45) is 2.79. The summed E-state index contributed by atoms with van der Waals surface area (Å²) in [5.41, 5.74) is 2.64. The Hall–Kier alpha value is -1.02. The summed E-state index contributed by atoms with van der Waals surface area (Å²) in [5, 5.41) is 3.60. The normalized spacial score (nSPS) is 17.5. The molecule has 0 radical (unpaired) electrons. The quantitative estimate of drug-likeness (QED) is 0.817. The Morgan fingerprint density at radius 2 is 2.12 bits per heavy atom. The van der Waals surface area contributed by atoms with Crippen LogP contribution < -0.4 is 5.32 Å². The van der Waals surface area contributed by atoms with Gasteiger partial charge in [-0.1, -0.05) is 12.1 Å². The van der Waals surface area contributed by atoms with E-state index in [0.717, 1.165) is 12.5 Å². The maximum absolute atomic E-state index is 3.60. The fourth-order valence-corrected chi connectivity index (χ4v) is 2.10. The van der Waals surface area contributed by atoms with Gasteiger partial charge in [0.2, 0.25) is 0 Å². The largest absolute Gasteiger partial charge is 0.382 e. The van der Waals surface area contributed by atoms with E-state index in [4.69, 9.17) is 0 Å². The number of anilines is 1. The maximum atomic E-state index is 3.60. The van der Waals surface area contributed by atoms with Crippen molar-refractivity contribution >= 4 is 5.69 Å². The van der Waals surface area contributed by atoms with Crippen molar-refractivity contribution in [3.63, 3.8) is 0 Å². The van der Waals surface area contributed by atoms with Crippen molar-refractivity contribution in [1.82, 2.24) is 4.90 Å². The molecule has 1 aromatic carbocycles. The SMILES string of the molecule is CC(Nc1cccc(CN(C)C)c1)C1CC1. The molecule has 1 saturated carbocycles. The van der Waals surface area contributed by atoms with Crippen LogP contribution in [0.15, 0.2) is 24.3 Å². The standard InChI is InChI=1S/C14H22N2/c1-11(13-7-8-13)15-14-6-4-5-12(9-14)10-16(2)3/h4-6,9,11,13,15H,7-8,10H2,1-3H3. The third kappa shape index (κ3) is 3.24. The first-order valence-corrected chi connectivity index (χ1v) is 6.15. The van der Waals surface area contributed by atoms with Crippen LogP contribution in [0.4, 0.5) is 5.69 Å². The zero-order valence-corrected chi connectivity index (χ0v) is 10.5. The van der Waals surface area contributed by atoms with Crippen LogP contribution in [-0.4, -0.2) is 25.0 Å². The number of hydrogen-bond donors (Lipinski definition) is 1. The van der Waals surface area contributed by atoms with E-state index in [1.54, 1.807) is 0 Å². The van der Waals surface area contributed by atoms with Crippen LogP contribution in [0, 0.1) is 5.92 Å². The Morgan fingerprint density at radius 3 is 2.75 bits per heavy atom. The second-order valence-corrected chi connectivity index (χ2v) is 5.21. The number of benzene rings is 1. The maximum Gasteiger partial charge on any atom is 0.0345 e. The minimum Gasteiger partial charge on any atom is -0.382 e. The van der Waals surface area contributed by atoms with Crippen molar-refractivity contribution in [3.8, 4) is 0 Å². The van der Waals surface area contributed by atoms with E-state index in [1.807, 2.05) is 0 Å². The van der Waals surface area contributed by atoms with Gasteiger partial charge in [-0.15, -0.1) is 0 Å². The van der Waals surface area contributed by atoms with Crippen LogP contribution in [0.5, 0.6) is 0 Å². The molecule has 0 amide bonds. The molecule has 0 spiro atoms. The lowest BCUT2D eigenvalue weighted by molar-refractivity contribution is 0.402. The molecular weight excluding hydrogens is 196 g/mol. The second kappa shape index (κ2) is 4.88. The van der Waals surface area contributed by atoms with E-state index in [9.17, 15) is 0 Å². The fourth-order valence-electron chi connectivity index (χ4n) is 2.10. The summed E-state index contributed by atoms with van der Waals surface area (Å²) in [7, 11) is 4.21. The predicted octanol–water partition coefficient (Wildman–Crippen LogP) is 2.96. The van der Waals surface area contributed by atoms with E-state index in [1.165, 1.54) is 24.1 Å². The number of hydrogen-bond acceptors (Lipinski definition) is 2. The first-order chi connectivity index (χ1) is 7.65. The average Bonchev–Trinajstić information content (AvgIpc) is 2.99. The van der Waals surface area contributed by atoms with Gasteiger partial charge in [0.25, 0.3) is 0 Å². The molecule has 1 N–H and O–H groups in total. The lowest BCUT2D eigenvalue weighted by atomic mass is 10.1. The molecule has 2 heteroatoms. The van der Waals surface area contributed by atoms with Crippen molar-refractivity contribution < 1.29 is 0 Å². The van der Waals surface area contributed by atoms with E-state index < -0.39 is 0 Å². The lowest BCUT2D eigenvalue weighted by Gasteiger charge is -2.16. The van der Waals surface area contributed by atoms with Crippen LogP contribution in [0.2, 0.25) is 0 Å². The third-order valence-corrected chi connectivity index (χ3v) is 3.15. The summed E-state index contributed by atoms with van der Waals surface area (Å²) < 4.78 is 0. The summed E-state index contributed by atoms with van der Waals surface area (Å²) in [4.78, 5) is 2.20. The van der Waals surface area contributed by atoms with Crippen LogP contribution in [-0.2, 0) is 6.54 Å². The van der Waals surface area contributed by atoms with Gasteiger partial charge in [-0.05, 0) is 57.5 Å². The van der Waals surface area contributed by atoms with Crippen LogP contribution in [0.1, 0.15) is 25.3 Å². The molecule has 1 aromatic rings. The molecule has 1 aliphatic rings. The topological polar surface area (TPSA) is 15.3 Å². The second-order valence-electron chi connectivity index (χ2n) is 5.21. The van der Waals surface area contributed by atoms with E-state index in [0.29, 0.717) is 6.04 Å². The summed E-state index contributed by atoms with van der Waals surface area (Å²) in [5.74, 6) is 0.900. The highest BCUT2D eigenvalue weighted by molar-refractivity contribution is 5.46. The molecule has 1 aliphatic carbocycles. The zero-order chi connectivity index (χ0) is 11.5. The van der Waals surface area contributed by atoms with Crippen LogP contribution in [0.25, 0.3) is 0 Å². The molecule has 88 valence electrons. The summed E-state index contributed by atoms with van der Waals surface area (Å²) in [6.45, 7) is 3.30. The average molecular weight is 218 g/mol. The molecule has 2 nitrogen and oxygen atoms in total. The van der Waals surface area contributed by atoms with Gasteiger partial charge in [0.1, 0.15) is 0 Å². The Morgan fingerprint density at radius 1 is 1.38 bits per heavy atom. The minimum atomic E-state index is 0.620.